The molecule has 1 aliphatic heterocycles. The van der Waals surface area contributed by atoms with Crippen molar-refractivity contribution in [3.8, 4) is 0 Å². The van der Waals surface area contributed by atoms with E-state index in [-0.39, 0.29) is 5.75 Å². The van der Waals surface area contributed by atoms with E-state index in [1.54, 1.807) is 6.07 Å². The fourth-order valence-electron chi connectivity index (χ4n) is 2.46. The molecule has 0 fully saturated rings. The second-order valence-electron chi connectivity index (χ2n) is 5.49. The third-order valence-electron chi connectivity index (χ3n) is 3.43. The summed E-state index contributed by atoms with van der Waals surface area (Å²) in [6, 6.07) is 7.29. The normalized spacial score (nSPS) is 14.4. The van der Waals surface area contributed by atoms with Crippen molar-refractivity contribution in [3.05, 3.63) is 47.3 Å². The van der Waals surface area contributed by atoms with E-state index < -0.39 is 9.84 Å². The molecule has 3 rings (SSSR count). The molecule has 1 aromatic carbocycles. The van der Waals surface area contributed by atoms with Crippen LogP contribution in [0, 0.1) is 0 Å². The SMILES string of the molecule is CS(=O)(=O)Cc1cccc(Nc2ncc3c(n2)CNCC3)c1. The van der Waals surface area contributed by atoms with Gasteiger partial charge in [-0.25, -0.2) is 18.4 Å². The molecule has 0 bridgehead atoms. The summed E-state index contributed by atoms with van der Waals surface area (Å²) in [6.07, 6.45) is 4.03. The van der Waals surface area contributed by atoms with Crippen LogP contribution in [0.1, 0.15) is 16.8 Å². The van der Waals surface area contributed by atoms with Crippen LogP contribution in [0.25, 0.3) is 0 Å². The van der Waals surface area contributed by atoms with E-state index in [2.05, 4.69) is 20.6 Å². The summed E-state index contributed by atoms with van der Waals surface area (Å²) < 4.78 is 22.8. The van der Waals surface area contributed by atoms with Crippen molar-refractivity contribution in [1.82, 2.24) is 15.3 Å². The van der Waals surface area contributed by atoms with Gasteiger partial charge < -0.3 is 10.6 Å². The van der Waals surface area contributed by atoms with E-state index in [1.807, 2.05) is 24.4 Å². The highest BCUT2D eigenvalue weighted by atomic mass is 32.2. The predicted octanol–water partition coefficient (Wildman–Crippen LogP) is 1.41. The molecule has 0 aliphatic carbocycles. The van der Waals surface area contributed by atoms with Crippen LogP contribution in [0.15, 0.2) is 30.5 Å². The second-order valence-corrected chi connectivity index (χ2v) is 7.63. The first kappa shape index (κ1) is 14.9. The first-order valence-electron chi connectivity index (χ1n) is 7.09. The van der Waals surface area contributed by atoms with Gasteiger partial charge >= 0.3 is 0 Å². The molecule has 2 heterocycles. The molecule has 22 heavy (non-hydrogen) atoms. The molecule has 0 spiro atoms. The Hall–Kier alpha value is -1.99. The van der Waals surface area contributed by atoms with Gasteiger partial charge in [0.2, 0.25) is 5.95 Å². The van der Waals surface area contributed by atoms with Gasteiger partial charge in [-0.1, -0.05) is 12.1 Å². The van der Waals surface area contributed by atoms with Crippen LogP contribution in [0.4, 0.5) is 11.6 Å². The molecule has 6 nitrogen and oxygen atoms in total. The fraction of sp³-hybridized carbons (Fsp3) is 0.333. The predicted molar refractivity (Wildman–Crippen MR) is 85.7 cm³/mol. The van der Waals surface area contributed by atoms with E-state index in [0.717, 1.165) is 36.5 Å². The number of nitrogens with zero attached hydrogens (tertiary/aromatic N) is 2. The second kappa shape index (κ2) is 6.02. The Morgan fingerprint density at radius 2 is 2.23 bits per heavy atom. The number of aromatic nitrogens is 2. The van der Waals surface area contributed by atoms with Gasteiger partial charge in [0.15, 0.2) is 9.84 Å². The van der Waals surface area contributed by atoms with Crippen molar-refractivity contribution in [2.45, 2.75) is 18.7 Å². The van der Waals surface area contributed by atoms with Gasteiger partial charge in [-0.15, -0.1) is 0 Å². The average Bonchev–Trinajstić information content (AvgIpc) is 2.46. The molecule has 0 atom stereocenters. The molecule has 2 N–H and O–H groups in total. The van der Waals surface area contributed by atoms with Crippen molar-refractivity contribution < 1.29 is 8.42 Å². The van der Waals surface area contributed by atoms with Crippen LogP contribution in [0.2, 0.25) is 0 Å². The van der Waals surface area contributed by atoms with E-state index in [9.17, 15) is 8.42 Å². The molecule has 116 valence electrons. The topological polar surface area (TPSA) is 84.0 Å². The van der Waals surface area contributed by atoms with Crippen molar-refractivity contribution >= 4 is 21.5 Å². The minimum absolute atomic E-state index is 0.0253. The molecule has 0 saturated carbocycles. The summed E-state index contributed by atoms with van der Waals surface area (Å²) in [7, 11) is -3.05. The largest absolute Gasteiger partial charge is 0.324 e. The average molecular weight is 318 g/mol. The van der Waals surface area contributed by atoms with Gasteiger partial charge in [0, 0.05) is 24.7 Å². The van der Waals surface area contributed by atoms with Crippen LogP contribution in [0.5, 0.6) is 0 Å². The maximum Gasteiger partial charge on any atom is 0.227 e. The van der Waals surface area contributed by atoms with E-state index in [4.69, 9.17) is 0 Å². The molecule has 1 aliphatic rings. The van der Waals surface area contributed by atoms with Crippen LogP contribution in [-0.4, -0.2) is 31.2 Å². The number of hydrogen-bond acceptors (Lipinski definition) is 6. The number of benzene rings is 1. The molecule has 1 aromatic heterocycles. The van der Waals surface area contributed by atoms with Gasteiger partial charge in [0.25, 0.3) is 0 Å². The minimum atomic E-state index is -3.05. The highest BCUT2D eigenvalue weighted by Gasteiger charge is 2.12. The lowest BCUT2D eigenvalue weighted by Crippen LogP contribution is -2.25. The van der Waals surface area contributed by atoms with Gasteiger partial charge in [-0.3, -0.25) is 0 Å². The Morgan fingerprint density at radius 1 is 1.36 bits per heavy atom. The van der Waals surface area contributed by atoms with E-state index >= 15 is 0 Å². The molecule has 0 unspecified atom stereocenters. The van der Waals surface area contributed by atoms with E-state index in [0.29, 0.717) is 5.95 Å². The zero-order valence-corrected chi connectivity index (χ0v) is 13.2. The summed E-state index contributed by atoms with van der Waals surface area (Å²) in [5, 5.41) is 6.42. The van der Waals surface area contributed by atoms with Crippen LogP contribution >= 0.6 is 0 Å². The Morgan fingerprint density at radius 3 is 3.05 bits per heavy atom. The number of nitrogens with one attached hydrogen (secondary N) is 2. The summed E-state index contributed by atoms with van der Waals surface area (Å²) in [5.74, 6) is 0.552. The zero-order chi connectivity index (χ0) is 15.6. The highest BCUT2D eigenvalue weighted by Crippen LogP contribution is 2.18. The molecular formula is C15H18N4O2S. The Balaban J connectivity index is 1.79. The van der Waals surface area contributed by atoms with Crippen molar-refractivity contribution in [1.29, 1.82) is 0 Å². The lowest BCUT2D eigenvalue weighted by molar-refractivity contribution is 0.601. The van der Waals surface area contributed by atoms with Crippen molar-refractivity contribution in [2.75, 3.05) is 18.1 Å². The van der Waals surface area contributed by atoms with Crippen LogP contribution in [0.3, 0.4) is 0 Å². The monoisotopic (exact) mass is 318 g/mol. The highest BCUT2D eigenvalue weighted by molar-refractivity contribution is 7.89. The number of sulfone groups is 1. The van der Waals surface area contributed by atoms with Crippen LogP contribution < -0.4 is 10.6 Å². The lowest BCUT2D eigenvalue weighted by atomic mass is 10.1. The van der Waals surface area contributed by atoms with Gasteiger partial charge in [-0.2, -0.15) is 0 Å². The Bertz CT molecular complexity index is 790. The summed E-state index contributed by atoms with van der Waals surface area (Å²) in [4.78, 5) is 8.83. The lowest BCUT2D eigenvalue weighted by Gasteiger charge is -2.16. The van der Waals surface area contributed by atoms with Gasteiger partial charge in [0.1, 0.15) is 0 Å². The molecule has 0 radical (unpaired) electrons. The summed E-state index contributed by atoms with van der Waals surface area (Å²) in [6.45, 7) is 1.71. The third kappa shape index (κ3) is 3.80. The minimum Gasteiger partial charge on any atom is -0.324 e. The molecule has 2 aromatic rings. The number of fused-ring (bicyclic) bond motifs is 1. The quantitative estimate of drug-likeness (QED) is 0.887. The van der Waals surface area contributed by atoms with Crippen molar-refractivity contribution in [3.63, 3.8) is 0 Å². The van der Waals surface area contributed by atoms with Crippen LogP contribution in [-0.2, 0) is 28.6 Å². The molecule has 0 amide bonds. The maximum atomic E-state index is 11.4. The Kier molecular flexibility index (Phi) is 4.08. The number of anilines is 2. The molecule has 0 saturated heterocycles. The smallest absolute Gasteiger partial charge is 0.227 e. The maximum absolute atomic E-state index is 11.4. The Labute approximate surface area is 129 Å². The third-order valence-corrected chi connectivity index (χ3v) is 4.29. The number of rotatable bonds is 4. The fourth-order valence-corrected chi connectivity index (χ4v) is 3.25. The molecular weight excluding hydrogens is 300 g/mol. The van der Waals surface area contributed by atoms with Crippen molar-refractivity contribution in [2.24, 2.45) is 0 Å². The molecule has 7 heteroatoms. The summed E-state index contributed by atoms with van der Waals surface area (Å²) in [5.41, 5.74) is 3.71. The van der Waals surface area contributed by atoms with E-state index in [1.165, 1.54) is 11.8 Å². The van der Waals surface area contributed by atoms with Gasteiger partial charge in [0.05, 0.1) is 11.4 Å². The number of hydrogen-bond donors (Lipinski definition) is 2. The first-order chi connectivity index (χ1) is 10.5. The zero-order valence-electron chi connectivity index (χ0n) is 12.3. The first-order valence-corrected chi connectivity index (χ1v) is 9.15. The standard InChI is InChI=1S/C15H18N4O2S/c1-22(20,21)10-11-3-2-4-13(7-11)18-15-17-8-12-5-6-16-9-14(12)19-15/h2-4,7-8,16H,5-6,9-10H2,1H3,(H,17,18,19). The van der Waals surface area contributed by atoms with Gasteiger partial charge in [-0.05, 0) is 36.2 Å². The summed E-state index contributed by atoms with van der Waals surface area (Å²) >= 11 is 0.